The molecule has 2 heterocycles. The third-order valence-corrected chi connectivity index (χ3v) is 12.1. The predicted octanol–water partition coefficient (Wildman–Crippen LogP) is 6.27. The molecule has 2 fully saturated rings. The van der Waals surface area contributed by atoms with E-state index in [-0.39, 0.29) is 11.8 Å². The first-order valence-corrected chi connectivity index (χ1v) is 17.8. The number of aryl methyl sites for hydroxylation is 1. The first-order chi connectivity index (χ1) is 20.7. The molecule has 0 saturated heterocycles. The van der Waals surface area contributed by atoms with Crippen LogP contribution in [-0.4, -0.2) is 43.9 Å². The lowest BCUT2D eigenvalue weighted by atomic mass is 9.70. The van der Waals surface area contributed by atoms with Gasteiger partial charge in [0.2, 0.25) is 10.0 Å². The molecule has 0 unspecified atom stereocenters. The van der Waals surface area contributed by atoms with Crippen molar-refractivity contribution >= 4 is 33.2 Å². The standard InChI is InChI=1S/C34H43ClN2O5S/c1-22-5-4-7-31(38)29-14-11-26(29)20-37-16-3-2-6-24-18-28(35)13-10-27(24)21-42-32-15-12-25(19-30(32)37)34(39)36-43(40,41)33(22)17-23-8-9-23/h4,7,10,12-13,15,18-19,22-23,26,29,31,33,38H,2-3,5-6,8-9,11,14,16-17,20-21H2,1H3,(H,36,39)/b7-4-/t22-,26+,29-,31+,33+/m1/s1. The average Bonchev–Trinajstić information content (AvgIpc) is 3.78. The van der Waals surface area contributed by atoms with E-state index in [1.807, 2.05) is 37.3 Å². The van der Waals surface area contributed by atoms with Crippen molar-refractivity contribution in [1.29, 1.82) is 0 Å². The number of nitrogens with one attached hydrogen (secondary N) is 1. The number of aliphatic hydroxyl groups excluding tert-OH is 1. The van der Waals surface area contributed by atoms with Gasteiger partial charge in [0.25, 0.3) is 5.91 Å². The highest BCUT2D eigenvalue weighted by atomic mass is 35.5. The second-order valence-electron chi connectivity index (χ2n) is 13.1. The van der Waals surface area contributed by atoms with Gasteiger partial charge in [0.1, 0.15) is 12.4 Å². The van der Waals surface area contributed by atoms with Crippen molar-refractivity contribution in [3.63, 3.8) is 0 Å². The van der Waals surface area contributed by atoms with Crippen LogP contribution in [0.1, 0.15) is 79.8 Å². The number of hydrogen-bond donors (Lipinski definition) is 2. The van der Waals surface area contributed by atoms with E-state index in [0.29, 0.717) is 47.6 Å². The van der Waals surface area contributed by atoms with Gasteiger partial charge >= 0.3 is 0 Å². The number of allylic oxidation sites excluding steroid dienone is 1. The van der Waals surface area contributed by atoms with Crippen LogP contribution >= 0.6 is 11.6 Å². The minimum Gasteiger partial charge on any atom is -0.487 e. The van der Waals surface area contributed by atoms with Gasteiger partial charge in [-0.2, -0.15) is 0 Å². The van der Waals surface area contributed by atoms with Crippen molar-refractivity contribution in [2.45, 2.75) is 82.7 Å². The van der Waals surface area contributed by atoms with Gasteiger partial charge in [0.05, 0.1) is 17.0 Å². The Morgan fingerprint density at radius 1 is 1.07 bits per heavy atom. The largest absolute Gasteiger partial charge is 0.487 e. The zero-order valence-electron chi connectivity index (χ0n) is 24.9. The molecule has 2 N–H and O–H groups in total. The Labute approximate surface area is 260 Å². The van der Waals surface area contributed by atoms with E-state index in [0.717, 1.165) is 69.3 Å². The zero-order valence-corrected chi connectivity index (χ0v) is 26.5. The Morgan fingerprint density at radius 3 is 2.67 bits per heavy atom. The van der Waals surface area contributed by atoms with Crippen LogP contribution in [0.4, 0.5) is 5.69 Å². The first kappa shape index (κ1) is 30.5. The smallest absolute Gasteiger partial charge is 0.264 e. The molecule has 7 nitrogen and oxygen atoms in total. The summed E-state index contributed by atoms with van der Waals surface area (Å²) in [5.41, 5.74) is 3.34. The maximum Gasteiger partial charge on any atom is 0.264 e. The SMILES string of the molecule is C[C@@H]1C/C=C\[C@H](O)[C@@H]2CC[C@H]2CN2CCCCc3cc(Cl)ccc3COc3ccc(cc32)C(=O)NS(=O)(=O)[C@H]1CC1CC1. The molecule has 1 amide bonds. The number of amides is 1. The molecular weight excluding hydrogens is 584 g/mol. The minimum atomic E-state index is -3.93. The highest BCUT2D eigenvalue weighted by Gasteiger charge is 2.39. The number of anilines is 1. The minimum absolute atomic E-state index is 0.144. The van der Waals surface area contributed by atoms with Crippen molar-refractivity contribution in [2.75, 3.05) is 18.0 Å². The van der Waals surface area contributed by atoms with Gasteiger partial charge in [-0.05, 0) is 110 Å². The number of fused-ring (bicyclic) bond motifs is 3. The summed E-state index contributed by atoms with van der Waals surface area (Å²) in [6.07, 6.45) is 11.2. The van der Waals surface area contributed by atoms with Crippen molar-refractivity contribution < 1.29 is 23.1 Å². The van der Waals surface area contributed by atoms with Gasteiger partial charge in [-0.1, -0.05) is 49.6 Å². The van der Waals surface area contributed by atoms with Crippen molar-refractivity contribution in [3.05, 3.63) is 70.3 Å². The van der Waals surface area contributed by atoms with E-state index in [1.165, 1.54) is 5.56 Å². The second kappa shape index (κ2) is 12.8. The maximum atomic E-state index is 13.7. The van der Waals surface area contributed by atoms with Crippen LogP contribution in [0.25, 0.3) is 0 Å². The Hall–Kier alpha value is -2.55. The Morgan fingerprint density at radius 2 is 1.91 bits per heavy atom. The quantitative estimate of drug-likeness (QED) is 0.381. The highest BCUT2D eigenvalue weighted by Crippen LogP contribution is 2.41. The van der Waals surface area contributed by atoms with E-state index < -0.39 is 27.3 Å². The lowest BCUT2D eigenvalue weighted by molar-refractivity contribution is 0.0461. The van der Waals surface area contributed by atoms with Gasteiger partial charge in [-0.15, -0.1) is 0 Å². The first-order valence-electron chi connectivity index (χ1n) is 15.9. The Bertz CT molecular complexity index is 1470. The third kappa shape index (κ3) is 7.07. The molecular formula is C34H43ClN2O5S. The van der Waals surface area contributed by atoms with Gasteiger partial charge in [-0.25, -0.2) is 13.1 Å². The van der Waals surface area contributed by atoms with Crippen molar-refractivity contribution in [1.82, 2.24) is 4.72 Å². The van der Waals surface area contributed by atoms with E-state index in [9.17, 15) is 18.3 Å². The Kier molecular flexibility index (Phi) is 9.09. The summed E-state index contributed by atoms with van der Waals surface area (Å²) >= 11 is 6.32. The normalized spacial score (nSPS) is 30.3. The molecule has 2 aromatic carbocycles. The summed E-state index contributed by atoms with van der Waals surface area (Å²) in [4.78, 5) is 15.8. The number of ether oxygens (including phenoxy) is 1. The number of aliphatic hydroxyl groups is 1. The zero-order chi connectivity index (χ0) is 30.1. The second-order valence-corrected chi connectivity index (χ2v) is 15.5. The Balaban J connectivity index is 1.37. The number of hydrogen-bond acceptors (Lipinski definition) is 6. The number of halogens is 1. The van der Waals surface area contributed by atoms with Crippen LogP contribution in [0.3, 0.4) is 0 Å². The van der Waals surface area contributed by atoms with Gasteiger partial charge in [-0.3, -0.25) is 4.79 Å². The van der Waals surface area contributed by atoms with Crippen molar-refractivity contribution in [2.24, 2.45) is 23.7 Å². The number of carbonyl (C=O) groups is 1. The van der Waals surface area contributed by atoms with E-state index in [4.69, 9.17) is 16.3 Å². The van der Waals surface area contributed by atoms with Crippen molar-refractivity contribution in [3.8, 4) is 5.75 Å². The molecule has 0 aromatic heterocycles. The third-order valence-electron chi connectivity index (χ3n) is 9.98. The molecule has 2 aromatic rings. The fourth-order valence-corrected chi connectivity index (χ4v) is 8.94. The summed E-state index contributed by atoms with van der Waals surface area (Å²) in [6.45, 7) is 3.78. The molecule has 2 aliphatic carbocycles. The summed E-state index contributed by atoms with van der Waals surface area (Å²) < 4.78 is 36.2. The molecule has 4 aliphatic rings. The highest BCUT2D eigenvalue weighted by molar-refractivity contribution is 7.90. The molecule has 2 aliphatic heterocycles. The fourth-order valence-electron chi connectivity index (χ4n) is 6.97. The molecule has 2 bridgehead atoms. The van der Waals surface area contributed by atoms with Gasteiger partial charge in [0, 0.05) is 23.7 Å². The van der Waals surface area contributed by atoms with Crippen LogP contribution in [0.15, 0.2) is 48.6 Å². The number of nitrogens with zero attached hydrogens (tertiary/aromatic N) is 1. The van der Waals surface area contributed by atoms with Crippen LogP contribution in [0.2, 0.25) is 5.02 Å². The molecule has 6 rings (SSSR count). The summed E-state index contributed by atoms with van der Waals surface area (Å²) in [6, 6.07) is 11.1. The lowest BCUT2D eigenvalue weighted by Gasteiger charge is -2.42. The molecule has 0 radical (unpaired) electrons. The molecule has 43 heavy (non-hydrogen) atoms. The summed E-state index contributed by atoms with van der Waals surface area (Å²) in [5.74, 6) is 0.693. The maximum absolute atomic E-state index is 13.7. The number of sulfonamides is 1. The number of rotatable bonds is 2. The molecule has 2 saturated carbocycles. The fraction of sp³-hybridized carbons (Fsp3) is 0.559. The topological polar surface area (TPSA) is 95.9 Å². The number of benzene rings is 2. The van der Waals surface area contributed by atoms with Gasteiger partial charge in [0.15, 0.2) is 0 Å². The van der Waals surface area contributed by atoms with Crippen LogP contribution in [0, 0.1) is 23.7 Å². The molecule has 0 spiro atoms. The molecule has 5 atom stereocenters. The lowest BCUT2D eigenvalue weighted by Crippen LogP contribution is -2.44. The summed E-state index contributed by atoms with van der Waals surface area (Å²) in [5, 5.41) is 11.2. The average molecular weight is 627 g/mol. The monoisotopic (exact) mass is 626 g/mol. The van der Waals surface area contributed by atoms with Crippen LogP contribution in [0.5, 0.6) is 5.75 Å². The number of carbonyl (C=O) groups excluding carboxylic acids is 1. The van der Waals surface area contributed by atoms with Crippen LogP contribution in [-0.2, 0) is 23.1 Å². The van der Waals surface area contributed by atoms with E-state index in [1.54, 1.807) is 18.2 Å². The van der Waals surface area contributed by atoms with E-state index >= 15 is 0 Å². The predicted molar refractivity (Wildman–Crippen MR) is 170 cm³/mol. The summed E-state index contributed by atoms with van der Waals surface area (Å²) in [7, 11) is -3.93. The van der Waals surface area contributed by atoms with E-state index in [2.05, 4.69) is 9.62 Å². The molecule has 232 valence electrons. The van der Waals surface area contributed by atoms with Gasteiger partial charge < -0.3 is 14.7 Å². The molecule has 9 heteroatoms. The van der Waals surface area contributed by atoms with Crippen LogP contribution < -0.4 is 14.4 Å².